The first-order chi connectivity index (χ1) is 17.3. The second kappa shape index (κ2) is 10.8. The number of nitrogens with one attached hydrogen (secondary N) is 3. The van der Waals surface area contributed by atoms with Crippen LogP contribution in [0.2, 0.25) is 5.02 Å². The van der Waals surface area contributed by atoms with Crippen molar-refractivity contribution < 1.29 is 18.7 Å². The van der Waals surface area contributed by atoms with Gasteiger partial charge in [0.2, 0.25) is 5.91 Å². The molecule has 0 atom stereocenters. The van der Waals surface area contributed by atoms with E-state index < -0.39 is 5.82 Å². The van der Waals surface area contributed by atoms with Crippen LogP contribution < -0.4 is 20.7 Å². The predicted molar refractivity (Wildman–Crippen MR) is 137 cm³/mol. The number of anilines is 4. The van der Waals surface area contributed by atoms with Crippen molar-refractivity contribution in [2.24, 2.45) is 0 Å². The van der Waals surface area contributed by atoms with Gasteiger partial charge in [0.1, 0.15) is 10.8 Å². The molecule has 2 heterocycles. The minimum absolute atomic E-state index is 0.0343. The van der Waals surface area contributed by atoms with Gasteiger partial charge in [0, 0.05) is 42.8 Å². The summed E-state index contributed by atoms with van der Waals surface area (Å²) >= 11 is 6.22. The quantitative estimate of drug-likeness (QED) is 0.271. The number of hydrogen-bond donors (Lipinski definition) is 3. The first kappa shape index (κ1) is 24.6. The van der Waals surface area contributed by atoms with Gasteiger partial charge in [-0.2, -0.15) is 0 Å². The summed E-state index contributed by atoms with van der Waals surface area (Å²) in [4.78, 5) is 32.3. The second-order valence-corrected chi connectivity index (χ2v) is 8.12. The van der Waals surface area contributed by atoms with Gasteiger partial charge in [0.15, 0.2) is 23.1 Å². The van der Waals surface area contributed by atoms with Crippen molar-refractivity contribution in [3.05, 3.63) is 95.0 Å². The summed E-state index contributed by atoms with van der Waals surface area (Å²) in [6, 6.07) is 16.3. The molecule has 4 rings (SSSR count). The van der Waals surface area contributed by atoms with Gasteiger partial charge in [-0.3, -0.25) is 9.59 Å². The lowest BCUT2D eigenvalue weighted by molar-refractivity contribution is -0.114. The maximum Gasteiger partial charge on any atom is 0.259 e. The predicted octanol–water partition coefficient (Wildman–Crippen LogP) is 6.32. The van der Waals surface area contributed by atoms with E-state index in [9.17, 15) is 14.0 Å². The summed E-state index contributed by atoms with van der Waals surface area (Å²) in [6.07, 6.45) is 2.90. The Bertz CT molecular complexity index is 1430. The lowest BCUT2D eigenvalue weighted by Crippen LogP contribution is -2.14. The molecular weight excluding hydrogens is 485 g/mol. The van der Waals surface area contributed by atoms with Crippen molar-refractivity contribution in [1.29, 1.82) is 0 Å². The van der Waals surface area contributed by atoms with Crippen LogP contribution in [0.4, 0.5) is 27.4 Å². The minimum Gasteiger partial charge on any atom is -0.453 e. The van der Waals surface area contributed by atoms with Crippen LogP contribution in [0.3, 0.4) is 0 Å². The van der Waals surface area contributed by atoms with E-state index in [1.807, 2.05) is 19.1 Å². The van der Waals surface area contributed by atoms with Crippen LogP contribution >= 0.6 is 11.6 Å². The number of ether oxygens (including phenoxy) is 1. The lowest BCUT2D eigenvalue weighted by atomic mass is 10.2. The summed E-state index contributed by atoms with van der Waals surface area (Å²) in [7, 11) is 0. The molecule has 2 aromatic carbocycles. The van der Waals surface area contributed by atoms with E-state index in [0.717, 1.165) is 5.56 Å². The number of aromatic nitrogens is 2. The fraction of sp³-hybridized carbons (Fsp3) is 0.0769. The number of carbonyl (C=O) groups excluding carboxylic acids is 2. The van der Waals surface area contributed by atoms with Crippen LogP contribution in [0.25, 0.3) is 0 Å². The molecule has 2 amide bonds. The molecule has 0 bridgehead atoms. The lowest BCUT2D eigenvalue weighted by Gasteiger charge is -2.13. The third kappa shape index (κ3) is 5.94. The molecule has 0 unspecified atom stereocenters. The first-order valence-corrected chi connectivity index (χ1v) is 11.2. The molecule has 2 aromatic heterocycles. The molecule has 4 aromatic rings. The summed E-state index contributed by atoms with van der Waals surface area (Å²) in [6.45, 7) is 3.27. The summed E-state index contributed by atoms with van der Waals surface area (Å²) < 4.78 is 20.5. The molecule has 36 heavy (non-hydrogen) atoms. The highest BCUT2D eigenvalue weighted by molar-refractivity contribution is 6.34. The number of pyridine rings is 2. The fourth-order valence-corrected chi connectivity index (χ4v) is 3.40. The summed E-state index contributed by atoms with van der Waals surface area (Å²) in [5, 5.41) is 8.31. The van der Waals surface area contributed by atoms with Crippen LogP contribution in [-0.4, -0.2) is 21.8 Å². The Hall–Kier alpha value is -4.50. The normalized spacial score (nSPS) is 10.4. The van der Waals surface area contributed by atoms with Crippen LogP contribution in [0, 0.1) is 12.7 Å². The first-order valence-electron chi connectivity index (χ1n) is 10.8. The van der Waals surface area contributed by atoms with Gasteiger partial charge >= 0.3 is 0 Å². The van der Waals surface area contributed by atoms with Crippen molar-refractivity contribution >= 4 is 46.4 Å². The standard InChI is InChI=1S/C26H21ClFN5O3/c1-15-5-7-17(8-6-15)33-26(35)19-4-3-12-29-24(19)32-18-9-10-21(20(28)14-18)36-22-11-13-30-25(23(22)27)31-16(2)34/h3-14H,1-2H3,(H,29,32)(H,33,35)(H,30,31,34). The monoisotopic (exact) mass is 505 g/mol. The number of rotatable bonds is 7. The number of benzene rings is 2. The molecule has 182 valence electrons. The zero-order valence-corrected chi connectivity index (χ0v) is 20.1. The van der Waals surface area contributed by atoms with Crippen molar-refractivity contribution in [3.63, 3.8) is 0 Å². The Morgan fingerprint density at radius 3 is 2.33 bits per heavy atom. The van der Waals surface area contributed by atoms with Crippen molar-refractivity contribution in [3.8, 4) is 11.5 Å². The number of amides is 2. The Balaban J connectivity index is 1.51. The van der Waals surface area contributed by atoms with Gasteiger partial charge in [-0.05, 0) is 43.3 Å². The third-order valence-electron chi connectivity index (χ3n) is 4.92. The maximum atomic E-state index is 14.9. The van der Waals surface area contributed by atoms with Crippen LogP contribution in [0.15, 0.2) is 73.1 Å². The Labute approximate surface area is 211 Å². The molecule has 0 fully saturated rings. The third-order valence-corrected chi connectivity index (χ3v) is 5.29. The SMILES string of the molecule is CC(=O)Nc1nccc(Oc2ccc(Nc3ncccc3C(=O)Nc3ccc(C)cc3)cc2F)c1Cl. The highest BCUT2D eigenvalue weighted by atomic mass is 35.5. The highest BCUT2D eigenvalue weighted by Crippen LogP contribution is 2.35. The summed E-state index contributed by atoms with van der Waals surface area (Å²) in [5.41, 5.74) is 2.35. The molecule has 0 aliphatic rings. The largest absolute Gasteiger partial charge is 0.453 e. The van der Waals surface area contributed by atoms with Gasteiger partial charge in [-0.1, -0.05) is 29.3 Å². The van der Waals surface area contributed by atoms with Crippen LogP contribution in [0.1, 0.15) is 22.8 Å². The Morgan fingerprint density at radius 2 is 1.61 bits per heavy atom. The smallest absolute Gasteiger partial charge is 0.259 e. The number of halogens is 2. The van der Waals surface area contributed by atoms with E-state index in [4.69, 9.17) is 16.3 Å². The molecule has 8 nitrogen and oxygen atoms in total. The fourth-order valence-electron chi connectivity index (χ4n) is 3.20. The topological polar surface area (TPSA) is 105 Å². The minimum atomic E-state index is -0.685. The van der Waals surface area contributed by atoms with E-state index >= 15 is 0 Å². The molecular formula is C26H21ClFN5O3. The van der Waals surface area contributed by atoms with Gasteiger partial charge < -0.3 is 20.7 Å². The van der Waals surface area contributed by atoms with E-state index in [2.05, 4.69) is 25.9 Å². The van der Waals surface area contributed by atoms with Gasteiger partial charge in [-0.25, -0.2) is 14.4 Å². The van der Waals surface area contributed by atoms with E-state index in [1.165, 1.54) is 37.5 Å². The van der Waals surface area contributed by atoms with E-state index in [-0.39, 0.29) is 45.5 Å². The second-order valence-electron chi connectivity index (χ2n) is 7.74. The van der Waals surface area contributed by atoms with Crippen LogP contribution in [0.5, 0.6) is 11.5 Å². The van der Waals surface area contributed by atoms with Gasteiger partial charge in [0.05, 0.1) is 5.56 Å². The molecule has 0 saturated heterocycles. The molecule has 0 spiro atoms. The molecule has 0 saturated carbocycles. The van der Waals surface area contributed by atoms with E-state index in [0.29, 0.717) is 11.4 Å². The molecule has 0 radical (unpaired) electrons. The van der Waals surface area contributed by atoms with Crippen molar-refractivity contribution in [2.75, 3.05) is 16.0 Å². The molecule has 0 aliphatic heterocycles. The Kier molecular flexibility index (Phi) is 7.41. The maximum absolute atomic E-state index is 14.9. The zero-order chi connectivity index (χ0) is 25.7. The average molecular weight is 506 g/mol. The number of hydrogen-bond acceptors (Lipinski definition) is 6. The number of carbonyl (C=O) groups is 2. The van der Waals surface area contributed by atoms with E-state index in [1.54, 1.807) is 30.3 Å². The van der Waals surface area contributed by atoms with Crippen molar-refractivity contribution in [1.82, 2.24) is 9.97 Å². The molecule has 10 heteroatoms. The number of aryl methyl sites for hydroxylation is 1. The average Bonchev–Trinajstić information content (AvgIpc) is 2.84. The van der Waals surface area contributed by atoms with Gasteiger partial charge in [-0.15, -0.1) is 0 Å². The zero-order valence-electron chi connectivity index (χ0n) is 19.3. The Morgan fingerprint density at radius 1 is 0.889 bits per heavy atom. The highest BCUT2D eigenvalue weighted by Gasteiger charge is 2.16. The van der Waals surface area contributed by atoms with Crippen LogP contribution in [-0.2, 0) is 4.79 Å². The molecule has 3 N–H and O–H groups in total. The van der Waals surface area contributed by atoms with Crippen molar-refractivity contribution in [2.45, 2.75) is 13.8 Å². The number of nitrogens with zero attached hydrogens (tertiary/aromatic N) is 2. The van der Waals surface area contributed by atoms with Gasteiger partial charge in [0.25, 0.3) is 5.91 Å². The summed E-state index contributed by atoms with van der Waals surface area (Å²) in [5.74, 6) is -1.02. The molecule has 0 aliphatic carbocycles.